The average Bonchev–Trinajstić information content (AvgIpc) is 2.19. The van der Waals surface area contributed by atoms with Crippen molar-refractivity contribution in [2.24, 2.45) is 4.40 Å². The maximum absolute atomic E-state index is 5.90. The predicted octanol–water partition coefficient (Wildman–Crippen LogP) is 5.44. The first-order valence-corrected chi connectivity index (χ1v) is 7.83. The zero-order valence-electron chi connectivity index (χ0n) is 6.00. The summed E-state index contributed by atoms with van der Waals surface area (Å²) in [5.41, 5.74) is 0.0635. The topological polar surface area (TPSA) is 12.4 Å². The molecule has 0 saturated heterocycles. The highest BCUT2D eigenvalue weighted by Gasteiger charge is 2.57. The Bertz CT molecular complexity index is 298. The van der Waals surface area contributed by atoms with Gasteiger partial charge in [0.05, 0.1) is 20.4 Å². The largest absolute Gasteiger partial charge is 0.206 e. The van der Waals surface area contributed by atoms with Crippen LogP contribution in [0, 0.1) is 0 Å². The minimum atomic E-state index is -1.58. The smallest absolute Gasteiger partial charge is 0.196 e. The molecule has 9 heteroatoms. The van der Waals surface area contributed by atoms with Crippen LogP contribution >= 0.6 is 94.8 Å². The van der Waals surface area contributed by atoms with E-state index in [4.69, 9.17) is 69.6 Å². The molecular weight excluding hydrogens is 399 g/mol. The van der Waals surface area contributed by atoms with E-state index >= 15 is 0 Å². The van der Waals surface area contributed by atoms with Gasteiger partial charge in [-0.15, -0.1) is 0 Å². The SMILES string of the molecule is ClC1=C(Cl)C(Cl)(Cl)C(=NSBr)C1(Cl)Cl. The fourth-order valence-electron chi connectivity index (χ4n) is 0.830. The van der Waals surface area contributed by atoms with Gasteiger partial charge in [-0.3, -0.25) is 0 Å². The molecule has 1 aliphatic rings. The van der Waals surface area contributed by atoms with Crippen LogP contribution in [-0.2, 0) is 0 Å². The van der Waals surface area contributed by atoms with Crippen LogP contribution in [-0.4, -0.2) is 14.4 Å². The summed E-state index contributed by atoms with van der Waals surface area (Å²) in [6.07, 6.45) is 0. The van der Waals surface area contributed by atoms with Crippen molar-refractivity contribution >= 4 is 101 Å². The molecule has 0 aromatic carbocycles. The van der Waals surface area contributed by atoms with Crippen molar-refractivity contribution in [3.05, 3.63) is 10.1 Å². The maximum atomic E-state index is 5.90. The van der Waals surface area contributed by atoms with E-state index in [1.165, 1.54) is 0 Å². The van der Waals surface area contributed by atoms with Crippen molar-refractivity contribution in [3.8, 4) is 0 Å². The van der Waals surface area contributed by atoms with Crippen LogP contribution in [0.25, 0.3) is 0 Å². The molecule has 0 aromatic heterocycles. The molecule has 1 nitrogen and oxygen atoms in total. The number of nitrogens with zero attached hydrogens (tertiary/aromatic N) is 1. The Kier molecular flexibility index (Phi) is 4.71. The van der Waals surface area contributed by atoms with Gasteiger partial charge in [0.1, 0.15) is 5.71 Å². The molecule has 0 fully saturated rings. The zero-order chi connectivity index (χ0) is 11.1. The first-order chi connectivity index (χ1) is 6.26. The highest BCUT2D eigenvalue weighted by Crippen LogP contribution is 2.55. The van der Waals surface area contributed by atoms with E-state index in [1.807, 2.05) is 0 Å². The lowest BCUT2D eigenvalue weighted by Gasteiger charge is -2.18. The Morgan fingerprint density at radius 1 is 1.00 bits per heavy atom. The summed E-state index contributed by atoms with van der Waals surface area (Å²) in [7, 11) is 0.926. The Morgan fingerprint density at radius 2 is 1.36 bits per heavy atom. The number of allylic oxidation sites excluding steroid dienone is 2. The van der Waals surface area contributed by atoms with Gasteiger partial charge in [-0.2, -0.15) is 0 Å². The van der Waals surface area contributed by atoms with Gasteiger partial charge in [0, 0.05) is 14.8 Å². The fraction of sp³-hybridized carbons (Fsp3) is 0.400. The number of halogens is 7. The first-order valence-electron chi connectivity index (χ1n) is 2.94. The number of hydrogen-bond acceptors (Lipinski definition) is 2. The number of alkyl halides is 4. The van der Waals surface area contributed by atoms with Gasteiger partial charge in [0.15, 0.2) is 8.67 Å². The standard InChI is InChI=1S/C5BrCl6NS/c6-14-13-3-4(9,10)1(7)2(8)5(3,11)12. The molecular formula is C5BrCl6NS. The molecule has 0 amide bonds. The highest BCUT2D eigenvalue weighted by molar-refractivity contribution is 9.50. The molecule has 14 heavy (non-hydrogen) atoms. The molecule has 0 spiro atoms. The second-order valence-corrected chi connectivity index (χ2v) is 6.89. The average molecular weight is 399 g/mol. The van der Waals surface area contributed by atoms with Crippen LogP contribution in [0.4, 0.5) is 0 Å². The monoisotopic (exact) mass is 395 g/mol. The summed E-state index contributed by atoms with van der Waals surface area (Å²) in [4.78, 5) is 0. The summed E-state index contributed by atoms with van der Waals surface area (Å²) in [6, 6.07) is 0. The minimum Gasteiger partial charge on any atom is -0.206 e. The first kappa shape index (κ1) is 14.0. The summed E-state index contributed by atoms with van der Waals surface area (Å²) in [5, 5.41) is -0.0689. The molecule has 80 valence electrons. The molecule has 0 aliphatic heterocycles. The third-order valence-electron chi connectivity index (χ3n) is 1.46. The lowest BCUT2D eigenvalue weighted by Crippen LogP contribution is -2.32. The maximum Gasteiger partial charge on any atom is 0.196 e. The molecule has 0 N–H and O–H groups in total. The second-order valence-electron chi connectivity index (χ2n) is 2.29. The van der Waals surface area contributed by atoms with E-state index in [0.29, 0.717) is 0 Å². The zero-order valence-corrected chi connectivity index (χ0v) is 12.9. The van der Waals surface area contributed by atoms with E-state index in [2.05, 4.69) is 19.2 Å². The molecule has 1 aliphatic carbocycles. The third kappa shape index (κ3) is 2.17. The Labute approximate surface area is 122 Å². The Morgan fingerprint density at radius 3 is 1.64 bits per heavy atom. The van der Waals surface area contributed by atoms with Gasteiger partial charge in [-0.05, 0) is 0 Å². The molecule has 1 rings (SSSR count). The molecule has 0 heterocycles. The summed E-state index contributed by atoms with van der Waals surface area (Å²) >= 11 is 38.1. The number of hydrogen-bond donors (Lipinski definition) is 0. The molecule has 0 atom stereocenters. The van der Waals surface area contributed by atoms with E-state index in [0.717, 1.165) is 10.4 Å². The van der Waals surface area contributed by atoms with Gasteiger partial charge >= 0.3 is 0 Å². The summed E-state index contributed by atoms with van der Waals surface area (Å²) in [6.45, 7) is 0. The van der Waals surface area contributed by atoms with E-state index < -0.39 is 8.67 Å². The van der Waals surface area contributed by atoms with Crippen LogP contribution < -0.4 is 0 Å². The second kappa shape index (κ2) is 4.69. The predicted molar refractivity (Wildman–Crippen MR) is 71.6 cm³/mol. The van der Waals surface area contributed by atoms with Crippen LogP contribution in [0.3, 0.4) is 0 Å². The lowest BCUT2D eigenvalue weighted by atomic mass is 10.3. The quantitative estimate of drug-likeness (QED) is 0.423. The van der Waals surface area contributed by atoms with Crippen molar-refractivity contribution in [2.45, 2.75) is 8.67 Å². The lowest BCUT2D eigenvalue weighted by molar-refractivity contribution is 1.30. The molecule has 0 saturated carbocycles. The van der Waals surface area contributed by atoms with Crippen molar-refractivity contribution in [1.29, 1.82) is 0 Å². The molecule has 0 aromatic rings. The van der Waals surface area contributed by atoms with Gasteiger partial charge in [0.25, 0.3) is 0 Å². The van der Waals surface area contributed by atoms with Crippen LogP contribution in [0.1, 0.15) is 0 Å². The Balaban J connectivity index is 3.32. The normalized spacial score (nSPS) is 24.4. The highest BCUT2D eigenvalue weighted by atomic mass is 79.9. The van der Waals surface area contributed by atoms with E-state index in [9.17, 15) is 0 Å². The van der Waals surface area contributed by atoms with E-state index in [-0.39, 0.29) is 15.8 Å². The summed E-state index contributed by atoms with van der Waals surface area (Å²) < 4.78 is 0.681. The van der Waals surface area contributed by atoms with Gasteiger partial charge in [-0.25, -0.2) is 4.40 Å². The van der Waals surface area contributed by atoms with Crippen LogP contribution in [0.2, 0.25) is 0 Å². The van der Waals surface area contributed by atoms with Gasteiger partial charge in [0.2, 0.25) is 0 Å². The van der Waals surface area contributed by atoms with Gasteiger partial charge < -0.3 is 0 Å². The molecule has 0 unspecified atom stereocenters. The third-order valence-corrected chi connectivity index (χ3v) is 5.05. The fourth-order valence-corrected chi connectivity index (χ4v) is 3.77. The minimum absolute atomic E-state index is 0.0344. The van der Waals surface area contributed by atoms with E-state index in [1.54, 1.807) is 0 Å². The number of rotatable bonds is 1. The van der Waals surface area contributed by atoms with Gasteiger partial charge in [-0.1, -0.05) is 69.6 Å². The van der Waals surface area contributed by atoms with Crippen LogP contribution in [0.5, 0.6) is 0 Å². The molecule has 0 bridgehead atoms. The van der Waals surface area contributed by atoms with Crippen molar-refractivity contribution in [3.63, 3.8) is 0 Å². The summed E-state index contributed by atoms with van der Waals surface area (Å²) in [5.74, 6) is 0. The van der Waals surface area contributed by atoms with Crippen LogP contribution in [0.15, 0.2) is 14.5 Å². The van der Waals surface area contributed by atoms with Crippen molar-refractivity contribution < 1.29 is 0 Å². The Hall–Kier alpha value is 1.98. The van der Waals surface area contributed by atoms with Crippen molar-refractivity contribution in [2.75, 3.05) is 0 Å². The molecule has 0 radical (unpaired) electrons. The van der Waals surface area contributed by atoms with Crippen molar-refractivity contribution in [1.82, 2.24) is 0 Å².